The van der Waals surface area contributed by atoms with Gasteiger partial charge in [-0.3, -0.25) is 18.6 Å². The van der Waals surface area contributed by atoms with Gasteiger partial charge in [-0.05, 0) is 202 Å². The van der Waals surface area contributed by atoms with Crippen LogP contribution in [0.1, 0.15) is 134 Å². The van der Waals surface area contributed by atoms with Crippen molar-refractivity contribution in [3.05, 3.63) is 239 Å². The van der Waals surface area contributed by atoms with Crippen LogP contribution in [0, 0.1) is 35.5 Å². The number of hydrogen-bond donors (Lipinski definition) is 5. The van der Waals surface area contributed by atoms with Crippen molar-refractivity contribution in [2.45, 2.75) is 121 Å². The van der Waals surface area contributed by atoms with Crippen LogP contribution in [-0.4, -0.2) is 152 Å². The Kier molecular flexibility index (Phi) is 55.1. The van der Waals surface area contributed by atoms with Crippen molar-refractivity contribution < 1.29 is 165 Å². The molecule has 0 spiro atoms. The molecule has 0 bridgehead atoms. The number of halogens is 17. The zero-order chi connectivity index (χ0) is 98.2. The highest BCUT2D eigenvalue weighted by Crippen LogP contribution is 2.36. The van der Waals surface area contributed by atoms with E-state index in [2.05, 4.69) is 71.1 Å². The maximum atomic E-state index is 12.5. The third-order valence-corrected chi connectivity index (χ3v) is 16.8. The predicted molar refractivity (Wildman–Crippen MR) is 459 cm³/mol. The lowest BCUT2D eigenvalue weighted by Crippen LogP contribution is -2.08. The summed E-state index contributed by atoms with van der Waals surface area (Å²) in [6, 6.07) is 42.5. The maximum Gasteiger partial charge on any atom is 0.416 e. The lowest BCUT2D eigenvalue weighted by molar-refractivity contribution is -0.141. The van der Waals surface area contributed by atoms with Crippen molar-refractivity contribution in [3.8, 4) is 81.5 Å². The Morgan fingerprint density at radius 2 is 0.569 bits per heavy atom. The Morgan fingerprint density at radius 3 is 0.769 bits per heavy atom. The van der Waals surface area contributed by atoms with E-state index in [1.165, 1.54) is 62.8 Å². The fourth-order valence-electron chi connectivity index (χ4n) is 9.52. The van der Waals surface area contributed by atoms with Gasteiger partial charge in [0.25, 0.3) is 10.1 Å². The lowest BCUT2D eigenvalue weighted by atomic mass is 9.96. The summed E-state index contributed by atoms with van der Waals surface area (Å²) in [5, 5.41) is 44.2. The van der Waals surface area contributed by atoms with E-state index >= 15 is 0 Å². The molecular weight excluding hydrogens is 1880 g/mol. The van der Waals surface area contributed by atoms with E-state index in [1.807, 2.05) is 12.1 Å². The molecule has 0 fully saturated rings. The van der Waals surface area contributed by atoms with Crippen LogP contribution >= 0.6 is 26.6 Å². The van der Waals surface area contributed by atoms with Gasteiger partial charge in [0, 0.05) is 54.9 Å². The van der Waals surface area contributed by atoms with Gasteiger partial charge in [0.2, 0.25) is 9.05 Å². The molecule has 5 N–H and O–H groups in total. The molecule has 8 rings (SSSR count). The van der Waals surface area contributed by atoms with E-state index in [-0.39, 0.29) is 86.0 Å². The van der Waals surface area contributed by atoms with Gasteiger partial charge in [0.15, 0.2) is 0 Å². The summed E-state index contributed by atoms with van der Waals surface area (Å²) >= 11 is 3.15. The standard InChI is InChI=1S/C23H23F3O4.C22H21F3O4.C13H14O3.C11H13F3O4S.C10H11F3O2.C7H5F3O.C3H7BrO.CH3ClO2S/c1-3-5-18(16-22(27)28-2)17-6-10-20(11-7-17)29-14-4-15-30-21-12-8-19(9-13-21)23(24,25)26;1-2-4-17(15-21(26)27)16-5-9-19(10-6-16)28-13-3-14-29-20-11-7-18(8-12-20)22(23,24)25;1-3-4-11(9-13(15)16-2)10-5-7-12(14)8-6-10;1-19(15,16)18-8-2-7-17-10-5-3-9(4-6-10)11(12,13)14;11-10(12,13)8-2-4-9(5-3-8)15-7-1-6-14;8-7(9,10)5-1-3-6(11)4-2-5;4-2-1-3-5;1-5(2,3)4/h6-13,18H,4,14-16H2,1-2H3;5-12,17H,3,13-15H2,1H3,(H,26,27);5-8,11,14H,9H2,1-2H3;3-6H,2,7-8H2,1H3;2-5,14H,1,6-7H2;1-4,11H;5H,1-3H2;1H3. The molecule has 0 aliphatic carbocycles. The molecular formula is C90H97BrClF15O21S2. The van der Waals surface area contributed by atoms with Gasteiger partial charge in [0.05, 0.1) is 138 Å². The number of aliphatic carboxylic acids is 1. The highest BCUT2D eigenvalue weighted by molar-refractivity contribution is 9.09. The molecule has 0 saturated heterocycles. The Balaban J connectivity index is 0.000000784. The number of rotatable bonds is 33. The second-order valence-corrected chi connectivity index (χ2v) is 31.5. The van der Waals surface area contributed by atoms with Crippen LogP contribution < -0.4 is 28.4 Å². The maximum absolute atomic E-state index is 12.5. The average Bonchev–Trinajstić information content (AvgIpc) is 0.854. The number of phenolic OH excluding ortho intramolecular Hbond substituents is 2. The highest BCUT2D eigenvalue weighted by Gasteiger charge is 2.34. The number of carbonyl (C=O) groups is 3. The summed E-state index contributed by atoms with van der Waals surface area (Å²) in [5.74, 6) is 17.6. The number of methoxy groups -OCH3 is 2. The molecule has 40 heteroatoms. The summed E-state index contributed by atoms with van der Waals surface area (Å²) < 4.78 is 270. The molecule has 0 aliphatic rings. The lowest BCUT2D eigenvalue weighted by Gasteiger charge is -2.12. The number of hydrogen-bond acceptors (Lipinski definition) is 20. The van der Waals surface area contributed by atoms with Gasteiger partial charge in [-0.25, -0.2) is 8.42 Å². The predicted octanol–water partition coefficient (Wildman–Crippen LogP) is 20.7. The number of aliphatic hydroxyl groups excluding tert-OH is 2. The number of carbonyl (C=O) groups excluding carboxylic acids is 2. The first-order chi connectivity index (χ1) is 60.9. The summed E-state index contributed by atoms with van der Waals surface area (Å²) in [7, 11) is 0.537. The van der Waals surface area contributed by atoms with Crippen LogP contribution in [0.5, 0.6) is 46.0 Å². The largest absolute Gasteiger partial charge is 0.508 e. The number of benzene rings is 8. The van der Waals surface area contributed by atoms with Gasteiger partial charge < -0.3 is 63.4 Å². The molecule has 130 heavy (non-hydrogen) atoms. The number of carboxylic acids is 1. The van der Waals surface area contributed by atoms with E-state index in [1.54, 1.807) is 81.4 Å². The number of alkyl halides is 16. The van der Waals surface area contributed by atoms with Crippen LogP contribution in [0.15, 0.2) is 194 Å². The van der Waals surface area contributed by atoms with Crippen LogP contribution in [0.25, 0.3) is 0 Å². The van der Waals surface area contributed by atoms with E-state index in [9.17, 15) is 97.1 Å². The first-order valence-corrected chi connectivity index (χ1v) is 44.0. The topological polar surface area (TPSA) is 304 Å². The van der Waals surface area contributed by atoms with Crippen molar-refractivity contribution in [3.63, 3.8) is 0 Å². The molecule has 0 saturated carbocycles. The summed E-state index contributed by atoms with van der Waals surface area (Å²) in [4.78, 5) is 33.7. The van der Waals surface area contributed by atoms with E-state index in [0.29, 0.717) is 94.1 Å². The van der Waals surface area contributed by atoms with Crippen molar-refractivity contribution in [2.24, 2.45) is 0 Å². The van der Waals surface area contributed by atoms with Crippen LogP contribution in [-0.2, 0) is 78.1 Å². The summed E-state index contributed by atoms with van der Waals surface area (Å²) in [6.45, 7) is 7.20. The Bertz CT molecular complexity index is 4970. The van der Waals surface area contributed by atoms with Gasteiger partial charge in [-0.15, -0.1) is 17.8 Å². The highest BCUT2D eigenvalue weighted by atomic mass is 79.9. The Morgan fingerprint density at radius 1 is 0.362 bits per heavy atom. The van der Waals surface area contributed by atoms with Crippen LogP contribution in [0.4, 0.5) is 65.9 Å². The molecule has 8 aromatic carbocycles. The normalized spacial score (nSPS) is 11.6. The number of esters is 2. The first kappa shape index (κ1) is 117. The molecule has 0 aliphatic heterocycles. The first-order valence-electron chi connectivity index (χ1n) is 38.4. The van der Waals surface area contributed by atoms with Crippen molar-refractivity contribution in [2.75, 3.05) is 91.5 Å². The fourth-order valence-corrected chi connectivity index (χ4v) is 10.2. The minimum Gasteiger partial charge on any atom is -0.508 e. The summed E-state index contributed by atoms with van der Waals surface area (Å²) in [6.07, 6.45) is -16.8. The second kappa shape index (κ2) is 61.3. The van der Waals surface area contributed by atoms with Crippen LogP contribution in [0.2, 0.25) is 0 Å². The molecule has 0 aromatic heterocycles. The molecule has 3 atom stereocenters. The minimum atomic E-state index is -4.37. The number of aromatic hydroxyl groups is 2. The molecule has 0 radical (unpaired) electrons. The van der Waals surface area contributed by atoms with E-state index in [4.69, 9.17) is 58.7 Å². The molecule has 21 nitrogen and oxygen atoms in total. The Hall–Kier alpha value is -11.3. The number of ether oxygens (including phenoxy) is 8. The molecule has 0 heterocycles. The number of carboxylic acid groups (broad SMARTS) is 1. The number of phenols is 2. The summed E-state index contributed by atoms with van der Waals surface area (Å²) in [5.41, 5.74) is -1.02. The van der Waals surface area contributed by atoms with Crippen molar-refractivity contribution >= 4 is 63.7 Å². The number of aliphatic hydroxyl groups is 2. The quantitative estimate of drug-likeness (QED) is 0.00485. The van der Waals surface area contributed by atoms with Gasteiger partial charge in [0.1, 0.15) is 46.0 Å². The Labute approximate surface area is 756 Å². The SMILES string of the molecule is CC#CC(CC(=O)O)c1ccc(OCCCOc2ccc(C(F)(F)F)cc2)cc1.CC#CC(CC(=O)OC)c1ccc(O)cc1.CC#CC(CC(=O)OC)c1ccc(OCCCOc2ccc(C(F)(F)F)cc2)cc1.CS(=O)(=O)Cl.CS(=O)(=O)OCCCOc1ccc(C(F)(F)F)cc1.OCCCBr.OCCCOc1ccc(C(F)(F)F)cc1.Oc1ccc(C(F)(F)F)cc1. The molecule has 0 amide bonds. The van der Waals surface area contributed by atoms with E-state index < -0.39 is 83.8 Å². The molecule has 3 unspecified atom stereocenters. The van der Waals surface area contributed by atoms with Gasteiger partial charge in [-0.2, -0.15) is 74.3 Å². The van der Waals surface area contributed by atoms with Gasteiger partial charge in [-0.1, -0.05) is 70.1 Å². The molecule has 8 aromatic rings. The monoisotopic (exact) mass is 1980 g/mol. The smallest absolute Gasteiger partial charge is 0.416 e. The zero-order valence-electron chi connectivity index (χ0n) is 70.9. The van der Waals surface area contributed by atoms with Gasteiger partial charge >= 0.3 is 48.8 Å². The van der Waals surface area contributed by atoms with Crippen LogP contribution in [0.3, 0.4) is 0 Å². The third kappa shape index (κ3) is 55.6. The second-order valence-electron chi connectivity index (χ2n) is 26.1. The van der Waals surface area contributed by atoms with Crippen molar-refractivity contribution in [1.29, 1.82) is 0 Å². The van der Waals surface area contributed by atoms with Crippen molar-refractivity contribution in [1.82, 2.24) is 0 Å². The zero-order valence-corrected chi connectivity index (χ0v) is 74.9. The van der Waals surface area contributed by atoms with E-state index in [0.717, 1.165) is 114 Å². The minimum absolute atomic E-state index is 0.000630. The third-order valence-electron chi connectivity index (χ3n) is 15.7. The fraction of sp³-hybridized carbons (Fsp3) is 0.367. The molecule has 714 valence electrons. The average molecular weight is 1980 g/mol.